The van der Waals surface area contributed by atoms with Crippen molar-refractivity contribution in [2.75, 3.05) is 18.0 Å². The zero-order chi connectivity index (χ0) is 21.3. The summed E-state index contributed by atoms with van der Waals surface area (Å²) in [6, 6.07) is 8.30. The highest BCUT2D eigenvalue weighted by atomic mass is 19.1. The van der Waals surface area contributed by atoms with Crippen LogP contribution >= 0.6 is 0 Å². The van der Waals surface area contributed by atoms with Crippen molar-refractivity contribution in [3.63, 3.8) is 0 Å². The summed E-state index contributed by atoms with van der Waals surface area (Å²) in [7, 11) is 0. The summed E-state index contributed by atoms with van der Waals surface area (Å²) in [5.41, 5.74) is 0.915. The van der Waals surface area contributed by atoms with Crippen molar-refractivity contribution < 1.29 is 32.6 Å². The number of carbonyl (C=O) groups is 2. The molecule has 2 heterocycles. The molecule has 1 aliphatic rings. The van der Waals surface area contributed by atoms with E-state index >= 15 is 0 Å². The molecule has 0 spiro atoms. The number of hydrogen-bond acceptors (Lipinski definition) is 5. The Labute approximate surface area is 168 Å². The molecule has 0 saturated carbocycles. The van der Waals surface area contributed by atoms with Crippen molar-refractivity contribution in [1.29, 1.82) is 0 Å². The Bertz CT molecular complexity index is 1100. The summed E-state index contributed by atoms with van der Waals surface area (Å²) < 4.78 is 39.4. The molecule has 1 aromatic heterocycles. The number of benzene rings is 2. The van der Waals surface area contributed by atoms with Crippen LogP contribution in [-0.2, 0) is 4.74 Å². The normalized spacial score (nSPS) is 15.9. The van der Waals surface area contributed by atoms with E-state index < -0.39 is 29.9 Å². The van der Waals surface area contributed by atoms with Crippen LogP contribution in [0.4, 0.5) is 24.1 Å². The van der Waals surface area contributed by atoms with Gasteiger partial charge in [-0.25, -0.2) is 23.4 Å². The van der Waals surface area contributed by atoms with Gasteiger partial charge in [0, 0.05) is 5.56 Å². The lowest BCUT2D eigenvalue weighted by Crippen LogP contribution is -2.33. The topological polar surface area (TPSA) is 105 Å². The molecule has 0 unspecified atom stereocenters. The highest BCUT2D eigenvalue weighted by molar-refractivity contribution is 5.90. The highest BCUT2D eigenvalue weighted by Crippen LogP contribution is 2.32. The molecule has 3 aromatic rings. The first-order valence-electron chi connectivity index (χ1n) is 8.85. The van der Waals surface area contributed by atoms with Crippen LogP contribution < -0.4 is 10.2 Å². The van der Waals surface area contributed by atoms with Gasteiger partial charge in [0.15, 0.2) is 12.2 Å². The molecule has 30 heavy (non-hydrogen) atoms. The van der Waals surface area contributed by atoms with E-state index in [1.54, 1.807) is 6.07 Å². The number of amides is 2. The second-order valence-electron chi connectivity index (χ2n) is 6.53. The number of aromatic nitrogens is 1. The third-order valence-corrected chi connectivity index (χ3v) is 4.60. The van der Waals surface area contributed by atoms with Crippen molar-refractivity contribution in [3.05, 3.63) is 60.6 Å². The Hall–Kier alpha value is -3.95. The van der Waals surface area contributed by atoms with Gasteiger partial charge in [-0.1, -0.05) is 6.07 Å². The van der Waals surface area contributed by atoms with Crippen LogP contribution in [-0.4, -0.2) is 41.5 Å². The van der Waals surface area contributed by atoms with E-state index in [2.05, 4.69) is 10.3 Å². The van der Waals surface area contributed by atoms with Gasteiger partial charge in [0.1, 0.15) is 17.7 Å². The van der Waals surface area contributed by atoms with Crippen LogP contribution in [0, 0.1) is 11.6 Å². The lowest BCUT2D eigenvalue weighted by molar-refractivity contribution is 0.136. The molecule has 1 saturated heterocycles. The SMILES string of the molecule is O=C(O)NC[C@H]1CN(c2ccc(-c3ccc(-c4cnco4)c(F)c3)c(F)c2)C(=O)O1. The Balaban J connectivity index is 1.55. The minimum atomic E-state index is -1.23. The lowest BCUT2D eigenvalue weighted by atomic mass is 10.0. The molecule has 2 N–H and O–H groups in total. The predicted molar refractivity (Wildman–Crippen MR) is 101 cm³/mol. The van der Waals surface area contributed by atoms with Gasteiger partial charge in [0.05, 0.1) is 30.5 Å². The van der Waals surface area contributed by atoms with E-state index in [1.165, 1.54) is 41.8 Å². The maximum absolute atomic E-state index is 14.8. The number of nitrogens with one attached hydrogen (secondary N) is 1. The molecular weight excluding hydrogens is 400 g/mol. The quantitative estimate of drug-likeness (QED) is 0.655. The Kier molecular flexibility index (Phi) is 5.05. The van der Waals surface area contributed by atoms with Crippen LogP contribution in [0.3, 0.4) is 0 Å². The van der Waals surface area contributed by atoms with Gasteiger partial charge in [-0.3, -0.25) is 4.90 Å². The Morgan fingerprint density at radius 2 is 1.97 bits per heavy atom. The zero-order valence-electron chi connectivity index (χ0n) is 15.3. The first kappa shape index (κ1) is 19.4. The maximum Gasteiger partial charge on any atom is 0.414 e. The molecule has 4 rings (SSSR count). The van der Waals surface area contributed by atoms with Gasteiger partial charge in [0.2, 0.25) is 0 Å². The molecular formula is C20H15F2N3O5. The number of rotatable bonds is 5. The van der Waals surface area contributed by atoms with Crippen molar-refractivity contribution in [1.82, 2.24) is 10.3 Å². The lowest BCUT2D eigenvalue weighted by Gasteiger charge is -2.14. The number of carbonyl (C=O) groups excluding carboxylic acids is 1. The molecule has 8 nitrogen and oxygen atoms in total. The van der Waals surface area contributed by atoms with Crippen LogP contribution in [0.5, 0.6) is 0 Å². The molecule has 1 atom stereocenters. The number of anilines is 1. The highest BCUT2D eigenvalue weighted by Gasteiger charge is 2.33. The van der Waals surface area contributed by atoms with Gasteiger partial charge >= 0.3 is 12.2 Å². The summed E-state index contributed by atoms with van der Waals surface area (Å²) in [4.78, 5) is 27.5. The number of cyclic esters (lactones) is 1. The standard InChI is InChI=1S/C20H15F2N3O5/c21-16-5-11(1-3-15(16)18-8-23-10-29-18)14-4-2-12(6-17(14)22)25-9-13(30-20(25)28)7-24-19(26)27/h1-6,8,10,13,24H,7,9H2,(H,26,27)/t13-/m0/s1. The van der Waals surface area contributed by atoms with E-state index in [1.807, 2.05) is 0 Å². The second-order valence-corrected chi connectivity index (χ2v) is 6.53. The fourth-order valence-electron chi connectivity index (χ4n) is 3.18. The van der Waals surface area contributed by atoms with Crippen molar-refractivity contribution in [2.45, 2.75) is 6.10 Å². The van der Waals surface area contributed by atoms with Crippen molar-refractivity contribution in [2.24, 2.45) is 0 Å². The average Bonchev–Trinajstić information content (AvgIpc) is 3.36. The number of ether oxygens (including phenoxy) is 1. The molecule has 1 fully saturated rings. The molecule has 10 heteroatoms. The number of oxazole rings is 1. The van der Waals surface area contributed by atoms with Crippen LogP contribution in [0.15, 0.2) is 53.4 Å². The summed E-state index contributed by atoms with van der Waals surface area (Å²) in [5, 5.41) is 10.8. The van der Waals surface area contributed by atoms with E-state index in [0.717, 1.165) is 6.07 Å². The number of nitrogens with zero attached hydrogens (tertiary/aromatic N) is 2. The number of carboxylic acid groups (broad SMARTS) is 1. The summed E-state index contributed by atoms with van der Waals surface area (Å²) in [6.45, 7) is -0.00659. The first-order valence-corrected chi connectivity index (χ1v) is 8.85. The molecule has 0 bridgehead atoms. The van der Waals surface area contributed by atoms with Crippen LogP contribution in [0.25, 0.3) is 22.5 Å². The van der Waals surface area contributed by atoms with Gasteiger partial charge in [-0.05, 0) is 35.9 Å². The number of halogens is 2. The Morgan fingerprint density at radius 1 is 1.20 bits per heavy atom. The fourth-order valence-corrected chi connectivity index (χ4v) is 3.18. The van der Waals surface area contributed by atoms with E-state index in [9.17, 15) is 18.4 Å². The molecule has 154 valence electrons. The van der Waals surface area contributed by atoms with E-state index in [0.29, 0.717) is 5.56 Å². The number of hydrogen-bond donors (Lipinski definition) is 2. The Morgan fingerprint density at radius 3 is 2.63 bits per heavy atom. The van der Waals surface area contributed by atoms with Gasteiger partial charge in [-0.15, -0.1) is 0 Å². The van der Waals surface area contributed by atoms with Gasteiger partial charge in [-0.2, -0.15) is 0 Å². The summed E-state index contributed by atoms with van der Waals surface area (Å²) in [5.74, 6) is -0.988. The first-order chi connectivity index (χ1) is 14.4. The summed E-state index contributed by atoms with van der Waals surface area (Å²) >= 11 is 0. The largest absolute Gasteiger partial charge is 0.465 e. The third-order valence-electron chi connectivity index (χ3n) is 4.60. The average molecular weight is 415 g/mol. The summed E-state index contributed by atoms with van der Waals surface area (Å²) in [6.07, 6.45) is -0.0634. The second kappa shape index (κ2) is 7.82. The minimum Gasteiger partial charge on any atom is -0.465 e. The van der Waals surface area contributed by atoms with E-state index in [-0.39, 0.29) is 35.7 Å². The molecule has 0 radical (unpaired) electrons. The third kappa shape index (κ3) is 3.79. The monoisotopic (exact) mass is 415 g/mol. The van der Waals surface area contributed by atoms with Gasteiger partial charge < -0.3 is 19.6 Å². The predicted octanol–water partition coefficient (Wildman–Crippen LogP) is 3.88. The smallest absolute Gasteiger partial charge is 0.414 e. The molecule has 2 amide bonds. The van der Waals surface area contributed by atoms with Crippen LogP contribution in [0.1, 0.15) is 0 Å². The fraction of sp³-hybridized carbons (Fsp3) is 0.150. The van der Waals surface area contributed by atoms with Crippen molar-refractivity contribution >= 4 is 17.9 Å². The van der Waals surface area contributed by atoms with Crippen molar-refractivity contribution in [3.8, 4) is 22.5 Å². The molecule has 2 aromatic carbocycles. The maximum atomic E-state index is 14.8. The minimum absolute atomic E-state index is 0.0679. The zero-order valence-corrected chi connectivity index (χ0v) is 15.3. The molecule has 1 aliphatic heterocycles. The molecule has 0 aliphatic carbocycles. The van der Waals surface area contributed by atoms with Crippen LogP contribution in [0.2, 0.25) is 0 Å². The van der Waals surface area contributed by atoms with Gasteiger partial charge in [0.25, 0.3) is 0 Å². The van der Waals surface area contributed by atoms with E-state index in [4.69, 9.17) is 14.3 Å².